The second-order valence-electron chi connectivity index (χ2n) is 4.60. The van der Waals surface area contributed by atoms with Gasteiger partial charge in [0, 0.05) is 23.0 Å². The number of nitrogens with one attached hydrogen (secondary N) is 2. The van der Waals surface area contributed by atoms with Gasteiger partial charge in [-0.1, -0.05) is 11.6 Å². The molecule has 24 heavy (non-hydrogen) atoms. The minimum atomic E-state index is -0.205. The highest BCUT2D eigenvalue weighted by molar-refractivity contribution is 6.30. The smallest absolute Gasteiger partial charge is 0.316 e. The van der Waals surface area contributed by atoms with Crippen LogP contribution in [0.5, 0.6) is 6.01 Å². The Hall–Kier alpha value is -3.07. The first-order chi connectivity index (χ1) is 11.7. The first-order valence-corrected chi connectivity index (χ1v) is 7.32. The fourth-order valence-electron chi connectivity index (χ4n) is 1.80. The lowest BCUT2D eigenvalue weighted by molar-refractivity contribution is 0.0946. The highest BCUT2D eigenvalue weighted by Gasteiger charge is 2.06. The van der Waals surface area contributed by atoms with E-state index >= 15 is 0 Å². The largest absolute Gasteiger partial charge is 0.462 e. The van der Waals surface area contributed by atoms with Crippen LogP contribution in [0.1, 0.15) is 10.4 Å². The topological polar surface area (TPSA) is 119 Å². The normalized spacial score (nSPS) is 10.4. The van der Waals surface area contributed by atoms with Crippen molar-refractivity contribution in [2.45, 2.75) is 0 Å². The van der Waals surface area contributed by atoms with E-state index in [9.17, 15) is 4.79 Å². The molecule has 10 heteroatoms. The Morgan fingerprint density at radius 1 is 1.21 bits per heavy atom. The predicted molar refractivity (Wildman–Crippen MR) is 84.5 cm³/mol. The number of carbonyl (C=O) groups excluding carboxylic acids is 1. The molecule has 0 bridgehead atoms. The van der Waals surface area contributed by atoms with Crippen LogP contribution in [0.15, 0.2) is 36.7 Å². The van der Waals surface area contributed by atoms with Crippen molar-refractivity contribution in [3.8, 4) is 17.4 Å². The van der Waals surface area contributed by atoms with Gasteiger partial charge in [-0.3, -0.25) is 4.79 Å². The zero-order chi connectivity index (χ0) is 16.8. The summed E-state index contributed by atoms with van der Waals surface area (Å²) in [7, 11) is 0. The van der Waals surface area contributed by atoms with Crippen LogP contribution < -0.4 is 10.1 Å². The SMILES string of the molecule is O=C(NCCOc1ncc(-c2nn[nH]n2)cn1)c1ccc(Cl)cc1. The third-order valence-corrected chi connectivity index (χ3v) is 3.21. The van der Waals surface area contributed by atoms with Crippen molar-refractivity contribution in [1.82, 2.24) is 35.9 Å². The highest BCUT2D eigenvalue weighted by atomic mass is 35.5. The molecule has 9 nitrogen and oxygen atoms in total. The van der Waals surface area contributed by atoms with E-state index in [2.05, 4.69) is 35.9 Å². The average molecular weight is 346 g/mol. The molecule has 1 aromatic carbocycles. The van der Waals surface area contributed by atoms with Gasteiger partial charge < -0.3 is 10.1 Å². The lowest BCUT2D eigenvalue weighted by Gasteiger charge is -2.06. The molecule has 0 aliphatic rings. The maximum absolute atomic E-state index is 11.9. The third-order valence-electron chi connectivity index (χ3n) is 2.96. The number of rotatable bonds is 6. The van der Waals surface area contributed by atoms with Crippen LogP contribution in [0.3, 0.4) is 0 Å². The van der Waals surface area contributed by atoms with Crippen molar-refractivity contribution in [2.75, 3.05) is 13.2 Å². The molecule has 0 saturated carbocycles. The van der Waals surface area contributed by atoms with Gasteiger partial charge in [0.2, 0.25) is 5.82 Å². The molecule has 2 N–H and O–H groups in total. The zero-order valence-corrected chi connectivity index (χ0v) is 13.1. The van der Waals surface area contributed by atoms with Crippen LogP contribution in [0.2, 0.25) is 5.02 Å². The van der Waals surface area contributed by atoms with Crippen molar-refractivity contribution in [1.29, 1.82) is 0 Å². The number of ether oxygens (including phenoxy) is 1. The maximum atomic E-state index is 11.9. The van der Waals surface area contributed by atoms with Gasteiger partial charge in [0.25, 0.3) is 5.91 Å². The Morgan fingerprint density at radius 2 is 1.96 bits per heavy atom. The number of nitrogens with zero attached hydrogens (tertiary/aromatic N) is 5. The van der Waals surface area contributed by atoms with Crippen LogP contribution in [0, 0.1) is 0 Å². The number of hydrogen-bond acceptors (Lipinski definition) is 7. The second kappa shape index (κ2) is 7.47. The van der Waals surface area contributed by atoms with Crippen molar-refractivity contribution >= 4 is 17.5 Å². The summed E-state index contributed by atoms with van der Waals surface area (Å²) in [5.41, 5.74) is 1.15. The van der Waals surface area contributed by atoms with E-state index in [1.165, 1.54) is 12.4 Å². The minimum absolute atomic E-state index is 0.197. The Balaban J connectivity index is 1.45. The number of halogens is 1. The van der Waals surface area contributed by atoms with E-state index in [0.717, 1.165) is 0 Å². The molecule has 1 amide bonds. The van der Waals surface area contributed by atoms with Crippen molar-refractivity contribution in [2.24, 2.45) is 0 Å². The van der Waals surface area contributed by atoms with Gasteiger partial charge in [-0.15, -0.1) is 10.2 Å². The number of aromatic nitrogens is 6. The fraction of sp³-hybridized carbons (Fsp3) is 0.143. The number of hydrogen-bond donors (Lipinski definition) is 2. The number of H-pyrrole nitrogens is 1. The van der Waals surface area contributed by atoms with Crippen molar-refractivity contribution < 1.29 is 9.53 Å². The summed E-state index contributed by atoms with van der Waals surface area (Å²) in [5, 5.41) is 16.8. The summed E-state index contributed by atoms with van der Waals surface area (Å²) in [6.07, 6.45) is 3.05. The summed E-state index contributed by atoms with van der Waals surface area (Å²) >= 11 is 5.78. The number of benzene rings is 1. The van der Waals surface area contributed by atoms with Gasteiger partial charge in [0.05, 0.1) is 12.1 Å². The lowest BCUT2D eigenvalue weighted by atomic mass is 10.2. The lowest BCUT2D eigenvalue weighted by Crippen LogP contribution is -2.28. The van der Waals surface area contributed by atoms with E-state index in [-0.39, 0.29) is 18.5 Å². The molecule has 0 saturated heterocycles. The molecule has 0 atom stereocenters. The first kappa shape index (κ1) is 15.8. The van der Waals surface area contributed by atoms with Crippen LogP contribution in [-0.2, 0) is 0 Å². The van der Waals surface area contributed by atoms with E-state index in [1.807, 2.05) is 0 Å². The van der Waals surface area contributed by atoms with Crippen LogP contribution in [-0.4, -0.2) is 49.7 Å². The molecule has 3 rings (SSSR count). The molecule has 3 aromatic rings. The molecule has 0 aliphatic carbocycles. The van der Waals surface area contributed by atoms with Gasteiger partial charge in [0.15, 0.2) is 0 Å². The number of amides is 1. The molecule has 2 heterocycles. The van der Waals surface area contributed by atoms with Crippen LogP contribution in [0.25, 0.3) is 11.4 Å². The Labute approximate surface area is 141 Å². The average Bonchev–Trinajstić information content (AvgIpc) is 3.14. The Kier molecular flexibility index (Phi) is 4.92. The van der Waals surface area contributed by atoms with E-state index < -0.39 is 0 Å². The number of carbonyl (C=O) groups is 1. The molecular weight excluding hydrogens is 334 g/mol. The quantitative estimate of drug-likeness (QED) is 0.642. The van der Waals surface area contributed by atoms with Crippen molar-refractivity contribution in [3.63, 3.8) is 0 Å². The van der Waals surface area contributed by atoms with Crippen LogP contribution >= 0.6 is 11.6 Å². The number of aromatic amines is 1. The van der Waals surface area contributed by atoms with E-state index in [1.54, 1.807) is 24.3 Å². The van der Waals surface area contributed by atoms with Crippen LogP contribution in [0.4, 0.5) is 0 Å². The molecular formula is C14H12ClN7O2. The molecule has 122 valence electrons. The summed E-state index contributed by atoms with van der Waals surface area (Å²) in [6, 6.07) is 6.82. The summed E-state index contributed by atoms with van der Waals surface area (Å²) < 4.78 is 5.36. The molecule has 2 aromatic heterocycles. The third kappa shape index (κ3) is 4.02. The first-order valence-electron chi connectivity index (χ1n) is 6.95. The van der Waals surface area contributed by atoms with Gasteiger partial charge in [-0.25, -0.2) is 9.97 Å². The maximum Gasteiger partial charge on any atom is 0.316 e. The summed E-state index contributed by atoms with van der Waals surface area (Å²) in [4.78, 5) is 20.0. The zero-order valence-electron chi connectivity index (χ0n) is 12.3. The van der Waals surface area contributed by atoms with Gasteiger partial charge >= 0.3 is 6.01 Å². The Morgan fingerprint density at radius 3 is 2.62 bits per heavy atom. The van der Waals surface area contributed by atoms with Gasteiger partial charge in [-0.2, -0.15) is 5.21 Å². The standard InChI is InChI=1S/C14H12ClN7O2/c15-11-3-1-9(2-4-11)13(23)16-5-6-24-14-17-7-10(8-18-14)12-19-21-22-20-12/h1-4,7-8H,5-6H2,(H,16,23)(H,19,20,21,22). The van der Waals surface area contributed by atoms with Crippen molar-refractivity contribution in [3.05, 3.63) is 47.2 Å². The summed E-state index contributed by atoms with van der Waals surface area (Å²) in [5.74, 6) is 0.195. The molecule has 0 radical (unpaired) electrons. The molecule has 0 unspecified atom stereocenters. The minimum Gasteiger partial charge on any atom is -0.462 e. The monoisotopic (exact) mass is 345 g/mol. The summed E-state index contributed by atoms with van der Waals surface area (Å²) in [6.45, 7) is 0.554. The second-order valence-corrected chi connectivity index (χ2v) is 5.04. The van der Waals surface area contributed by atoms with E-state index in [0.29, 0.717) is 28.5 Å². The molecule has 0 aliphatic heterocycles. The van der Waals surface area contributed by atoms with Gasteiger partial charge in [-0.05, 0) is 29.5 Å². The Bertz CT molecular complexity index is 791. The molecule has 0 fully saturated rings. The predicted octanol–water partition coefficient (Wildman–Crippen LogP) is 1.12. The van der Waals surface area contributed by atoms with Gasteiger partial charge in [0.1, 0.15) is 6.61 Å². The number of tetrazole rings is 1. The van der Waals surface area contributed by atoms with E-state index in [4.69, 9.17) is 16.3 Å². The fourth-order valence-corrected chi connectivity index (χ4v) is 1.93. The highest BCUT2D eigenvalue weighted by Crippen LogP contribution is 2.12. The molecule has 0 spiro atoms.